The first-order valence-electron chi connectivity index (χ1n) is 6.88. The monoisotopic (exact) mass is 302 g/mol. The Balaban J connectivity index is 2.07. The van der Waals surface area contributed by atoms with Crippen molar-refractivity contribution in [3.8, 4) is 5.75 Å². The molecule has 5 heteroatoms. The van der Waals surface area contributed by atoms with E-state index in [1.807, 2.05) is 0 Å². The summed E-state index contributed by atoms with van der Waals surface area (Å²) in [5.74, 6) is 0.925. The molecular formula is C17H18O5. The van der Waals surface area contributed by atoms with Gasteiger partial charge in [0.05, 0.1) is 7.11 Å². The molecule has 1 aromatic carbocycles. The number of methoxy groups -OCH3 is 1. The molecule has 0 N–H and O–H groups in total. The quantitative estimate of drug-likeness (QED) is 0.626. The second kappa shape index (κ2) is 6.47. The van der Waals surface area contributed by atoms with Crippen molar-refractivity contribution >= 4 is 11.8 Å². The van der Waals surface area contributed by atoms with Crippen molar-refractivity contribution in [2.45, 2.75) is 26.9 Å². The summed E-state index contributed by atoms with van der Waals surface area (Å²) in [7, 11) is 1.55. The first-order valence-corrected chi connectivity index (χ1v) is 6.88. The van der Waals surface area contributed by atoms with E-state index in [1.165, 1.54) is 0 Å². The maximum absolute atomic E-state index is 12.3. The molecule has 1 aromatic heterocycles. The minimum atomic E-state index is -0.879. The molecule has 0 saturated heterocycles. The van der Waals surface area contributed by atoms with Crippen LogP contribution in [0.25, 0.3) is 0 Å². The van der Waals surface area contributed by atoms with E-state index >= 15 is 0 Å². The Bertz CT molecular complexity index is 682. The molecule has 0 amide bonds. The van der Waals surface area contributed by atoms with Crippen molar-refractivity contribution in [1.29, 1.82) is 0 Å². The summed E-state index contributed by atoms with van der Waals surface area (Å²) in [6.07, 6.45) is -0.879. The predicted molar refractivity (Wildman–Crippen MR) is 80.4 cm³/mol. The number of carbonyl (C=O) groups is 2. The van der Waals surface area contributed by atoms with Gasteiger partial charge >= 0.3 is 5.97 Å². The Labute approximate surface area is 128 Å². The fraction of sp³-hybridized carbons (Fsp3) is 0.294. The zero-order chi connectivity index (χ0) is 16.3. The average Bonchev–Trinajstić information content (AvgIpc) is 2.85. The van der Waals surface area contributed by atoms with E-state index in [2.05, 4.69) is 0 Å². The van der Waals surface area contributed by atoms with Crippen LogP contribution in [0.5, 0.6) is 5.75 Å². The highest BCUT2D eigenvalue weighted by molar-refractivity contribution is 6.01. The van der Waals surface area contributed by atoms with Gasteiger partial charge in [-0.1, -0.05) is 0 Å². The Morgan fingerprint density at radius 3 is 2.27 bits per heavy atom. The van der Waals surface area contributed by atoms with Crippen LogP contribution >= 0.6 is 0 Å². The SMILES string of the molecule is COc1ccc(C(=O)[C@@H](C)OC(=O)c2cc(C)oc2C)cc1. The number of furan rings is 1. The van der Waals surface area contributed by atoms with E-state index in [0.29, 0.717) is 28.4 Å². The van der Waals surface area contributed by atoms with Gasteiger partial charge in [0.15, 0.2) is 6.10 Å². The molecule has 0 radical (unpaired) electrons. The molecular weight excluding hydrogens is 284 g/mol. The van der Waals surface area contributed by atoms with Crippen molar-refractivity contribution < 1.29 is 23.5 Å². The van der Waals surface area contributed by atoms with E-state index in [9.17, 15) is 9.59 Å². The average molecular weight is 302 g/mol. The van der Waals surface area contributed by atoms with Gasteiger partial charge in [0.1, 0.15) is 22.8 Å². The van der Waals surface area contributed by atoms with Gasteiger partial charge < -0.3 is 13.9 Å². The van der Waals surface area contributed by atoms with Crippen LogP contribution in [0.15, 0.2) is 34.7 Å². The third-order valence-corrected chi connectivity index (χ3v) is 3.29. The lowest BCUT2D eigenvalue weighted by molar-refractivity contribution is 0.0317. The van der Waals surface area contributed by atoms with Gasteiger partial charge in [-0.05, 0) is 51.1 Å². The highest BCUT2D eigenvalue weighted by atomic mass is 16.5. The maximum Gasteiger partial charge on any atom is 0.342 e. The molecule has 5 nitrogen and oxygen atoms in total. The van der Waals surface area contributed by atoms with Gasteiger partial charge in [0, 0.05) is 5.56 Å². The number of aryl methyl sites for hydroxylation is 2. The van der Waals surface area contributed by atoms with Gasteiger partial charge in [0.25, 0.3) is 0 Å². The number of Topliss-reactive ketones (excluding diaryl/α,β-unsaturated/α-hetero) is 1. The van der Waals surface area contributed by atoms with Crippen LogP contribution in [0.3, 0.4) is 0 Å². The lowest BCUT2D eigenvalue weighted by atomic mass is 10.1. The molecule has 1 atom stereocenters. The van der Waals surface area contributed by atoms with Crippen LogP contribution in [-0.4, -0.2) is 25.0 Å². The molecule has 0 aliphatic carbocycles. The molecule has 1 heterocycles. The number of hydrogen-bond donors (Lipinski definition) is 0. The van der Waals surface area contributed by atoms with E-state index in [0.717, 1.165) is 0 Å². The third kappa shape index (κ3) is 3.36. The van der Waals surface area contributed by atoms with Crippen molar-refractivity contribution in [3.05, 3.63) is 53.0 Å². The second-order valence-electron chi connectivity index (χ2n) is 4.97. The van der Waals surface area contributed by atoms with Gasteiger partial charge in [-0.15, -0.1) is 0 Å². The first-order chi connectivity index (χ1) is 10.4. The Hall–Kier alpha value is -2.56. The number of rotatable bonds is 5. The van der Waals surface area contributed by atoms with Gasteiger partial charge in [-0.3, -0.25) is 4.79 Å². The van der Waals surface area contributed by atoms with Gasteiger partial charge in [0.2, 0.25) is 5.78 Å². The minimum absolute atomic E-state index is 0.270. The van der Waals surface area contributed by atoms with Crippen molar-refractivity contribution in [3.63, 3.8) is 0 Å². The lowest BCUT2D eigenvalue weighted by Crippen LogP contribution is -2.24. The molecule has 0 spiro atoms. The van der Waals surface area contributed by atoms with Gasteiger partial charge in [-0.2, -0.15) is 0 Å². The number of benzene rings is 1. The zero-order valence-electron chi connectivity index (χ0n) is 13.0. The molecule has 0 aliphatic heterocycles. The summed E-state index contributed by atoms with van der Waals surface area (Å²) in [6.45, 7) is 4.97. The molecule has 22 heavy (non-hydrogen) atoms. The van der Waals surface area contributed by atoms with Crippen LogP contribution in [0.1, 0.15) is 39.2 Å². The molecule has 2 aromatic rings. The Morgan fingerprint density at radius 2 is 1.77 bits per heavy atom. The second-order valence-corrected chi connectivity index (χ2v) is 4.97. The van der Waals surface area contributed by atoms with Crippen molar-refractivity contribution in [1.82, 2.24) is 0 Å². The Morgan fingerprint density at radius 1 is 1.14 bits per heavy atom. The highest BCUT2D eigenvalue weighted by Gasteiger charge is 2.22. The largest absolute Gasteiger partial charge is 0.497 e. The fourth-order valence-electron chi connectivity index (χ4n) is 2.10. The molecule has 0 bridgehead atoms. The van der Waals surface area contributed by atoms with E-state index in [-0.39, 0.29) is 5.78 Å². The summed E-state index contributed by atoms with van der Waals surface area (Å²) < 4.78 is 15.6. The number of ketones is 1. The molecule has 0 unspecified atom stereocenters. The lowest BCUT2D eigenvalue weighted by Gasteiger charge is -2.12. The van der Waals surface area contributed by atoms with Crippen LogP contribution in [-0.2, 0) is 4.74 Å². The normalized spacial score (nSPS) is 11.8. The van der Waals surface area contributed by atoms with Gasteiger partial charge in [-0.25, -0.2) is 4.79 Å². The van der Waals surface area contributed by atoms with E-state index < -0.39 is 12.1 Å². The zero-order valence-corrected chi connectivity index (χ0v) is 13.0. The Kier molecular flexibility index (Phi) is 4.65. The molecule has 2 rings (SSSR count). The number of esters is 1. The predicted octanol–water partition coefficient (Wildman–Crippen LogP) is 3.33. The van der Waals surface area contributed by atoms with Crippen LogP contribution in [0, 0.1) is 13.8 Å². The summed E-state index contributed by atoms with van der Waals surface area (Å²) >= 11 is 0. The maximum atomic E-state index is 12.3. The topological polar surface area (TPSA) is 65.7 Å². The minimum Gasteiger partial charge on any atom is -0.497 e. The molecule has 0 fully saturated rings. The first kappa shape index (κ1) is 15.8. The molecule has 0 saturated carbocycles. The van der Waals surface area contributed by atoms with E-state index in [4.69, 9.17) is 13.9 Å². The highest BCUT2D eigenvalue weighted by Crippen LogP contribution is 2.17. The third-order valence-electron chi connectivity index (χ3n) is 3.29. The summed E-state index contributed by atoms with van der Waals surface area (Å²) in [6, 6.07) is 8.25. The van der Waals surface area contributed by atoms with Crippen molar-refractivity contribution in [2.75, 3.05) is 7.11 Å². The smallest absolute Gasteiger partial charge is 0.342 e. The molecule has 0 aliphatic rings. The summed E-state index contributed by atoms with van der Waals surface area (Å²) in [4.78, 5) is 24.3. The van der Waals surface area contributed by atoms with Crippen LogP contribution in [0.2, 0.25) is 0 Å². The number of ether oxygens (including phenoxy) is 2. The summed E-state index contributed by atoms with van der Waals surface area (Å²) in [5.41, 5.74) is 0.799. The molecule has 116 valence electrons. The fourth-order valence-corrected chi connectivity index (χ4v) is 2.10. The van der Waals surface area contributed by atoms with Crippen LogP contribution in [0.4, 0.5) is 0 Å². The number of carbonyl (C=O) groups excluding carboxylic acids is 2. The number of hydrogen-bond acceptors (Lipinski definition) is 5. The van der Waals surface area contributed by atoms with E-state index in [1.54, 1.807) is 58.2 Å². The van der Waals surface area contributed by atoms with Crippen LogP contribution < -0.4 is 4.74 Å². The van der Waals surface area contributed by atoms with Crippen molar-refractivity contribution in [2.24, 2.45) is 0 Å². The standard InChI is InChI=1S/C17H18O5/c1-10-9-15(11(2)21-10)17(19)22-12(3)16(18)13-5-7-14(20-4)8-6-13/h5-9,12H,1-4H3/t12-/m1/s1. The summed E-state index contributed by atoms with van der Waals surface area (Å²) in [5, 5.41) is 0.